The van der Waals surface area contributed by atoms with Gasteiger partial charge >= 0.3 is 0 Å². The maximum atomic E-state index is 12.4. The fourth-order valence-electron chi connectivity index (χ4n) is 2.22. The Bertz CT molecular complexity index is 425. The molecule has 1 atom stereocenters. The molecule has 0 aromatic carbocycles. The molecule has 0 saturated carbocycles. The average molecular weight is 259 g/mol. The van der Waals surface area contributed by atoms with E-state index < -0.39 is 10.0 Å². The van der Waals surface area contributed by atoms with E-state index in [1.807, 2.05) is 5.38 Å². The van der Waals surface area contributed by atoms with Crippen LogP contribution in [0.15, 0.2) is 21.7 Å². The zero-order valence-electron chi connectivity index (χ0n) is 9.43. The van der Waals surface area contributed by atoms with E-state index in [-0.39, 0.29) is 6.04 Å². The van der Waals surface area contributed by atoms with Gasteiger partial charge in [0.15, 0.2) is 0 Å². The van der Waals surface area contributed by atoms with Crippen molar-refractivity contribution in [3.8, 4) is 0 Å². The highest BCUT2D eigenvalue weighted by molar-refractivity contribution is 7.91. The summed E-state index contributed by atoms with van der Waals surface area (Å²) >= 11 is 1.31. The van der Waals surface area contributed by atoms with Crippen molar-refractivity contribution in [3.05, 3.63) is 17.5 Å². The van der Waals surface area contributed by atoms with Gasteiger partial charge in [0.2, 0.25) is 0 Å². The molecule has 1 saturated heterocycles. The van der Waals surface area contributed by atoms with Crippen LogP contribution < -0.4 is 0 Å². The van der Waals surface area contributed by atoms with Crippen molar-refractivity contribution in [2.45, 2.75) is 42.9 Å². The fraction of sp³-hybridized carbons (Fsp3) is 0.636. The standard InChI is InChI=1S/C11H17NO2S2/c1-2-10-6-3-4-8-12(10)16(13,14)11-7-5-9-15-11/h5,7,9-10H,2-4,6,8H2,1H3/t10-/m1/s1. The first-order valence-electron chi connectivity index (χ1n) is 5.71. The summed E-state index contributed by atoms with van der Waals surface area (Å²) in [4.78, 5) is 0. The topological polar surface area (TPSA) is 37.4 Å². The maximum Gasteiger partial charge on any atom is 0.252 e. The smallest absolute Gasteiger partial charge is 0.206 e. The van der Waals surface area contributed by atoms with Gasteiger partial charge in [0, 0.05) is 12.6 Å². The van der Waals surface area contributed by atoms with Crippen LogP contribution in [0.25, 0.3) is 0 Å². The lowest BCUT2D eigenvalue weighted by Crippen LogP contribution is -2.42. The molecule has 2 heterocycles. The Morgan fingerprint density at radius 3 is 2.94 bits per heavy atom. The summed E-state index contributed by atoms with van der Waals surface area (Å²) < 4.78 is 26.9. The highest BCUT2D eigenvalue weighted by Crippen LogP contribution is 2.28. The number of rotatable bonds is 3. The molecule has 1 aliphatic rings. The van der Waals surface area contributed by atoms with Crippen LogP contribution in [0.1, 0.15) is 32.6 Å². The number of hydrogen-bond acceptors (Lipinski definition) is 3. The minimum Gasteiger partial charge on any atom is -0.206 e. The van der Waals surface area contributed by atoms with Crippen molar-refractivity contribution in [1.29, 1.82) is 0 Å². The lowest BCUT2D eigenvalue weighted by molar-refractivity contribution is 0.247. The summed E-state index contributed by atoms with van der Waals surface area (Å²) in [7, 11) is -3.23. The third kappa shape index (κ3) is 2.17. The predicted octanol–water partition coefficient (Wildman–Crippen LogP) is 2.70. The van der Waals surface area contributed by atoms with Crippen LogP contribution in [0, 0.1) is 0 Å². The van der Waals surface area contributed by atoms with Gasteiger partial charge in [-0.15, -0.1) is 11.3 Å². The van der Waals surface area contributed by atoms with Gasteiger partial charge in [0.05, 0.1) is 0 Å². The second-order valence-electron chi connectivity index (χ2n) is 4.11. The Hall–Kier alpha value is -0.390. The molecule has 0 N–H and O–H groups in total. The number of nitrogens with zero attached hydrogens (tertiary/aromatic N) is 1. The molecule has 0 radical (unpaired) electrons. The van der Waals surface area contributed by atoms with E-state index >= 15 is 0 Å². The SMILES string of the molecule is CC[C@@H]1CCCCN1S(=O)(=O)c1cccs1. The molecule has 0 aliphatic carbocycles. The van der Waals surface area contributed by atoms with Gasteiger partial charge in [0.1, 0.15) is 4.21 Å². The van der Waals surface area contributed by atoms with Crippen LogP contribution in [-0.4, -0.2) is 25.3 Å². The minimum absolute atomic E-state index is 0.195. The van der Waals surface area contributed by atoms with Crippen molar-refractivity contribution >= 4 is 21.4 Å². The normalized spacial score (nSPS) is 23.4. The third-order valence-corrected chi connectivity index (χ3v) is 6.43. The molecular weight excluding hydrogens is 242 g/mol. The quantitative estimate of drug-likeness (QED) is 0.837. The Balaban J connectivity index is 2.28. The van der Waals surface area contributed by atoms with Crippen LogP contribution in [0.3, 0.4) is 0 Å². The van der Waals surface area contributed by atoms with Crippen molar-refractivity contribution in [1.82, 2.24) is 4.31 Å². The molecule has 2 rings (SSSR count). The van der Waals surface area contributed by atoms with Crippen molar-refractivity contribution in [2.24, 2.45) is 0 Å². The van der Waals surface area contributed by atoms with Gasteiger partial charge in [-0.25, -0.2) is 8.42 Å². The van der Waals surface area contributed by atoms with Crippen LogP contribution in [0.2, 0.25) is 0 Å². The molecule has 5 heteroatoms. The largest absolute Gasteiger partial charge is 0.252 e. The summed E-state index contributed by atoms with van der Waals surface area (Å²) in [5.41, 5.74) is 0. The monoisotopic (exact) mass is 259 g/mol. The number of thiophene rings is 1. The van der Waals surface area contributed by atoms with Crippen LogP contribution >= 0.6 is 11.3 Å². The Kier molecular flexibility index (Phi) is 3.66. The third-order valence-electron chi connectivity index (χ3n) is 3.10. The van der Waals surface area contributed by atoms with E-state index in [1.165, 1.54) is 11.3 Å². The van der Waals surface area contributed by atoms with Gasteiger partial charge in [-0.2, -0.15) is 4.31 Å². The highest BCUT2D eigenvalue weighted by atomic mass is 32.2. The molecular formula is C11H17NO2S2. The van der Waals surface area contributed by atoms with Crippen LogP contribution in [-0.2, 0) is 10.0 Å². The maximum absolute atomic E-state index is 12.4. The zero-order valence-corrected chi connectivity index (χ0v) is 11.1. The zero-order chi connectivity index (χ0) is 11.6. The molecule has 1 aromatic rings. The molecule has 1 fully saturated rings. The van der Waals surface area contributed by atoms with E-state index in [0.29, 0.717) is 10.8 Å². The van der Waals surface area contributed by atoms with E-state index in [4.69, 9.17) is 0 Å². The molecule has 1 aliphatic heterocycles. The summed E-state index contributed by atoms with van der Waals surface area (Å²) in [6, 6.07) is 3.69. The summed E-state index contributed by atoms with van der Waals surface area (Å²) in [5.74, 6) is 0. The van der Waals surface area contributed by atoms with Gasteiger partial charge < -0.3 is 0 Å². The first kappa shape index (κ1) is 12.1. The molecule has 3 nitrogen and oxygen atoms in total. The van der Waals surface area contributed by atoms with Gasteiger partial charge in [-0.1, -0.05) is 19.4 Å². The van der Waals surface area contributed by atoms with Crippen molar-refractivity contribution in [2.75, 3.05) is 6.54 Å². The summed E-state index contributed by atoms with van der Waals surface area (Å²) in [6.45, 7) is 2.74. The molecule has 90 valence electrons. The molecule has 0 bridgehead atoms. The van der Waals surface area contributed by atoms with Gasteiger partial charge in [-0.05, 0) is 30.7 Å². The molecule has 0 amide bonds. The van der Waals surface area contributed by atoms with E-state index in [9.17, 15) is 8.42 Å². The first-order chi connectivity index (χ1) is 7.66. The van der Waals surface area contributed by atoms with Crippen LogP contribution in [0.5, 0.6) is 0 Å². The molecule has 0 unspecified atom stereocenters. The second-order valence-corrected chi connectivity index (χ2v) is 7.17. The van der Waals surface area contributed by atoms with E-state index in [2.05, 4.69) is 6.92 Å². The Morgan fingerprint density at radius 2 is 2.31 bits per heavy atom. The highest BCUT2D eigenvalue weighted by Gasteiger charge is 2.32. The molecule has 1 aromatic heterocycles. The fourth-order valence-corrected chi connectivity index (χ4v) is 5.11. The number of piperidine rings is 1. The number of sulfonamides is 1. The lowest BCUT2D eigenvalue weighted by Gasteiger charge is -2.33. The Morgan fingerprint density at radius 1 is 1.50 bits per heavy atom. The van der Waals surface area contributed by atoms with Crippen molar-refractivity contribution in [3.63, 3.8) is 0 Å². The van der Waals surface area contributed by atoms with Crippen molar-refractivity contribution < 1.29 is 8.42 Å². The second kappa shape index (κ2) is 4.85. The summed E-state index contributed by atoms with van der Waals surface area (Å²) in [6.07, 6.45) is 4.04. The molecule has 16 heavy (non-hydrogen) atoms. The van der Waals surface area contributed by atoms with Gasteiger partial charge in [0.25, 0.3) is 10.0 Å². The van der Waals surface area contributed by atoms with E-state index in [1.54, 1.807) is 16.4 Å². The number of hydrogen-bond donors (Lipinski definition) is 0. The Labute approximate surface area is 101 Å². The predicted molar refractivity (Wildman–Crippen MR) is 66.1 cm³/mol. The minimum atomic E-state index is -3.23. The average Bonchev–Trinajstić information content (AvgIpc) is 2.83. The van der Waals surface area contributed by atoms with Gasteiger partial charge in [-0.3, -0.25) is 0 Å². The molecule has 0 spiro atoms. The first-order valence-corrected chi connectivity index (χ1v) is 8.03. The van der Waals surface area contributed by atoms with Crippen LogP contribution in [0.4, 0.5) is 0 Å². The van der Waals surface area contributed by atoms with E-state index in [0.717, 1.165) is 25.7 Å². The lowest BCUT2D eigenvalue weighted by atomic mass is 10.0. The summed E-state index contributed by atoms with van der Waals surface area (Å²) in [5, 5.41) is 1.82.